The minimum atomic E-state index is 0.0368. The second kappa shape index (κ2) is 6.45. The molecule has 2 fully saturated rings. The lowest BCUT2D eigenvalue weighted by molar-refractivity contribution is -0.0449. The highest BCUT2D eigenvalue weighted by Gasteiger charge is 2.43. The van der Waals surface area contributed by atoms with Gasteiger partial charge in [-0.3, -0.25) is 4.79 Å². The number of carbonyl (C=O) groups is 1. The number of fused-ring (bicyclic) bond motifs is 1. The van der Waals surface area contributed by atoms with Gasteiger partial charge in [0, 0.05) is 13.2 Å². The van der Waals surface area contributed by atoms with Gasteiger partial charge in [0.1, 0.15) is 6.26 Å². The van der Waals surface area contributed by atoms with E-state index in [1.807, 2.05) is 4.90 Å². The molecule has 2 heterocycles. The molecule has 0 unspecified atom stereocenters. The zero-order valence-corrected chi connectivity index (χ0v) is 12.1. The second-order valence-electron chi connectivity index (χ2n) is 5.65. The highest BCUT2D eigenvalue weighted by molar-refractivity contribution is 5.94. The Morgan fingerprint density at radius 1 is 1.52 bits per heavy atom. The first-order chi connectivity index (χ1) is 10.3. The summed E-state index contributed by atoms with van der Waals surface area (Å²) >= 11 is 0. The number of nitrogens with zero attached hydrogens (tertiary/aromatic N) is 1. The van der Waals surface area contributed by atoms with Gasteiger partial charge >= 0.3 is 0 Å². The molecule has 3 rings (SSSR count). The average Bonchev–Trinajstić information content (AvgIpc) is 3.15. The number of ether oxygens (including phenoxy) is 2. The molecule has 1 aromatic heterocycles. The van der Waals surface area contributed by atoms with Gasteiger partial charge in [0.05, 0.1) is 37.2 Å². The summed E-state index contributed by atoms with van der Waals surface area (Å²) < 4.78 is 16.4. The summed E-state index contributed by atoms with van der Waals surface area (Å²) in [4.78, 5) is 14.5. The monoisotopic (exact) mass is 291 g/mol. The van der Waals surface area contributed by atoms with Crippen molar-refractivity contribution in [2.45, 2.75) is 25.0 Å². The summed E-state index contributed by atoms with van der Waals surface area (Å²) in [5.74, 6) is 0.479. The standard InChI is InChI=1S/C16H21NO4/c1-2-5-19-10-12-8-14-15(9-12)21-7-4-17(14)16(18)13-3-6-20-11-13/h2-3,6,11-12,14-15H,1,4-5,7-10H2/t12-,14-,15+/m0/s1. The van der Waals surface area contributed by atoms with Crippen LogP contribution in [-0.2, 0) is 9.47 Å². The van der Waals surface area contributed by atoms with Crippen LogP contribution in [0.1, 0.15) is 23.2 Å². The van der Waals surface area contributed by atoms with Crippen molar-refractivity contribution in [2.75, 3.05) is 26.4 Å². The van der Waals surface area contributed by atoms with Gasteiger partial charge in [-0.15, -0.1) is 6.58 Å². The third-order valence-corrected chi connectivity index (χ3v) is 4.25. The predicted octanol–water partition coefficient (Wildman–Crippen LogP) is 2.10. The van der Waals surface area contributed by atoms with Gasteiger partial charge in [-0.05, 0) is 24.8 Å². The molecule has 1 saturated heterocycles. The van der Waals surface area contributed by atoms with Crippen molar-refractivity contribution in [3.63, 3.8) is 0 Å². The first-order valence-corrected chi connectivity index (χ1v) is 7.43. The van der Waals surface area contributed by atoms with Crippen molar-refractivity contribution in [1.82, 2.24) is 4.90 Å². The number of hydrogen-bond donors (Lipinski definition) is 0. The van der Waals surface area contributed by atoms with E-state index >= 15 is 0 Å². The average molecular weight is 291 g/mol. The molecule has 3 atom stereocenters. The number of amides is 1. The quantitative estimate of drug-likeness (QED) is 0.616. The highest BCUT2D eigenvalue weighted by atomic mass is 16.5. The molecule has 1 aromatic rings. The first kappa shape index (κ1) is 14.4. The molecule has 1 amide bonds. The highest BCUT2D eigenvalue weighted by Crippen LogP contribution is 2.35. The Balaban J connectivity index is 1.64. The molecule has 0 bridgehead atoms. The molecule has 1 aliphatic carbocycles. The summed E-state index contributed by atoms with van der Waals surface area (Å²) in [6, 6.07) is 1.87. The van der Waals surface area contributed by atoms with Gasteiger partial charge in [0.15, 0.2) is 0 Å². The molecule has 0 aromatic carbocycles. The lowest BCUT2D eigenvalue weighted by atomic mass is 10.1. The van der Waals surface area contributed by atoms with E-state index in [-0.39, 0.29) is 18.1 Å². The first-order valence-electron chi connectivity index (χ1n) is 7.43. The van der Waals surface area contributed by atoms with Gasteiger partial charge < -0.3 is 18.8 Å². The molecule has 0 N–H and O–H groups in total. The maximum Gasteiger partial charge on any atom is 0.257 e. The minimum Gasteiger partial charge on any atom is -0.472 e. The Labute approximate surface area is 124 Å². The Kier molecular flexibility index (Phi) is 4.41. The van der Waals surface area contributed by atoms with Gasteiger partial charge in [-0.2, -0.15) is 0 Å². The minimum absolute atomic E-state index is 0.0368. The van der Waals surface area contributed by atoms with Crippen molar-refractivity contribution in [1.29, 1.82) is 0 Å². The van der Waals surface area contributed by atoms with Crippen molar-refractivity contribution in [2.24, 2.45) is 5.92 Å². The zero-order chi connectivity index (χ0) is 14.7. The Morgan fingerprint density at radius 3 is 3.19 bits per heavy atom. The van der Waals surface area contributed by atoms with Crippen LogP contribution in [0.5, 0.6) is 0 Å². The molecule has 0 spiro atoms. The topological polar surface area (TPSA) is 51.9 Å². The van der Waals surface area contributed by atoms with Gasteiger partial charge in [-0.1, -0.05) is 6.08 Å². The van der Waals surface area contributed by atoms with Crippen LogP contribution in [0.4, 0.5) is 0 Å². The van der Waals surface area contributed by atoms with E-state index < -0.39 is 0 Å². The molecular weight excluding hydrogens is 270 g/mol. The normalized spacial score (nSPS) is 28.4. The number of morpholine rings is 1. The summed E-state index contributed by atoms with van der Waals surface area (Å²) in [6.07, 6.45) is 6.82. The fourth-order valence-electron chi connectivity index (χ4n) is 3.31. The van der Waals surface area contributed by atoms with Crippen LogP contribution in [0, 0.1) is 5.92 Å². The fourth-order valence-corrected chi connectivity index (χ4v) is 3.31. The second-order valence-corrected chi connectivity index (χ2v) is 5.65. The maximum absolute atomic E-state index is 12.5. The van der Waals surface area contributed by atoms with E-state index in [4.69, 9.17) is 13.9 Å². The van der Waals surface area contributed by atoms with Gasteiger partial charge in [-0.25, -0.2) is 0 Å². The van der Waals surface area contributed by atoms with Crippen molar-refractivity contribution >= 4 is 5.91 Å². The van der Waals surface area contributed by atoms with E-state index in [1.54, 1.807) is 12.1 Å². The lowest BCUT2D eigenvalue weighted by Crippen LogP contribution is -2.51. The lowest BCUT2D eigenvalue weighted by Gasteiger charge is -2.37. The molecule has 0 radical (unpaired) electrons. The molecule has 21 heavy (non-hydrogen) atoms. The molecule has 5 heteroatoms. The van der Waals surface area contributed by atoms with Crippen LogP contribution < -0.4 is 0 Å². The SMILES string of the molecule is C=CCOC[C@@H]1C[C@H]2OCCN(C(=O)c3ccoc3)[C@H]2C1. The van der Waals surface area contributed by atoms with E-state index in [0.29, 0.717) is 37.8 Å². The summed E-state index contributed by atoms with van der Waals surface area (Å²) in [6.45, 7) is 6.17. The Bertz CT molecular complexity index is 484. The summed E-state index contributed by atoms with van der Waals surface area (Å²) in [5.41, 5.74) is 0.613. The van der Waals surface area contributed by atoms with Gasteiger partial charge in [0.25, 0.3) is 5.91 Å². The molecule has 1 aliphatic heterocycles. The van der Waals surface area contributed by atoms with Crippen molar-refractivity contribution in [3.8, 4) is 0 Å². The third-order valence-electron chi connectivity index (χ3n) is 4.25. The van der Waals surface area contributed by atoms with E-state index in [1.165, 1.54) is 12.5 Å². The molecule has 2 aliphatic rings. The molecule has 114 valence electrons. The van der Waals surface area contributed by atoms with E-state index in [2.05, 4.69) is 6.58 Å². The predicted molar refractivity (Wildman–Crippen MR) is 77.0 cm³/mol. The van der Waals surface area contributed by atoms with Gasteiger partial charge in [0.2, 0.25) is 0 Å². The van der Waals surface area contributed by atoms with Crippen LogP contribution in [0.2, 0.25) is 0 Å². The van der Waals surface area contributed by atoms with Crippen LogP contribution in [-0.4, -0.2) is 49.3 Å². The number of furan rings is 1. The number of rotatable bonds is 5. The number of hydrogen-bond acceptors (Lipinski definition) is 4. The number of carbonyl (C=O) groups excluding carboxylic acids is 1. The van der Waals surface area contributed by atoms with Crippen LogP contribution in [0.3, 0.4) is 0 Å². The Morgan fingerprint density at radius 2 is 2.43 bits per heavy atom. The van der Waals surface area contributed by atoms with Crippen molar-refractivity contribution in [3.05, 3.63) is 36.8 Å². The molecular formula is C16H21NO4. The van der Waals surface area contributed by atoms with Crippen LogP contribution in [0.15, 0.2) is 35.7 Å². The summed E-state index contributed by atoms with van der Waals surface area (Å²) in [5, 5.41) is 0. The smallest absolute Gasteiger partial charge is 0.257 e. The maximum atomic E-state index is 12.5. The van der Waals surface area contributed by atoms with E-state index in [9.17, 15) is 4.79 Å². The van der Waals surface area contributed by atoms with E-state index in [0.717, 1.165) is 12.8 Å². The molecule has 1 saturated carbocycles. The third kappa shape index (κ3) is 3.04. The fraction of sp³-hybridized carbons (Fsp3) is 0.562. The van der Waals surface area contributed by atoms with Crippen LogP contribution in [0.25, 0.3) is 0 Å². The Hall–Kier alpha value is -1.59. The zero-order valence-electron chi connectivity index (χ0n) is 12.1. The van der Waals surface area contributed by atoms with Crippen molar-refractivity contribution < 1.29 is 18.7 Å². The largest absolute Gasteiger partial charge is 0.472 e. The summed E-state index contributed by atoms with van der Waals surface area (Å²) in [7, 11) is 0. The van der Waals surface area contributed by atoms with Crippen LogP contribution >= 0.6 is 0 Å². The molecule has 5 nitrogen and oxygen atoms in total.